The topological polar surface area (TPSA) is 93.3 Å². The van der Waals surface area contributed by atoms with Gasteiger partial charge < -0.3 is 9.47 Å². The van der Waals surface area contributed by atoms with Gasteiger partial charge in [-0.2, -0.15) is 5.10 Å². The highest BCUT2D eigenvalue weighted by Gasteiger charge is 2.22. The highest BCUT2D eigenvalue weighted by molar-refractivity contribution is 7.89. The van der Waals surface area contributed by atoms with E-state index in [4.69, 9.17) is 9.47 Å². The highest BCUT2D eigenvalue weighted by atomic mass is 32.2. The van der Waals surface area contributed by atoms with Crippen LogP contribution in [0.25, 0.3) is 0 Å². The third-order valence-electron chi connectivity index (χ3n) is 3.62. The van der Waals surface area contributed by atoms with E-state index in [-0.39, 0.29) is 11.4 Å². The van der Waals surface area contributed by atoms with E-state index in [0.29, 0.717) is 22.9 Å². The first kappa shape index (κ1) is 17.3. The lowest BCUT2D eigenvalue weighted by Crippen LogP contribution is -2.24. The number of benzene rings is 1. The summed E-state index contributed by atoms with van der Waals surface area (Å²) >= 11 is 0. The summed E-state index contributed by atoms with van der Waals surface area (Å²) < 4.78 is 38.0. The Hall–Kier alpha value is -2.06. The molecule has 7 nitrogen and oxygen atoms in total. The number of nitrogens with one attached hydrogen (secondary N) is 2. The predicted octanol–water partition coefficient (Wildman–Crippen LogP) is 1.83. The van der Waals surface area contributed by atoms with E-state index < -0.39 is 10.0 Å². The van der Waals surface area contributed by atoms with Gasteiger partial charge in [-0.1, -0.05) is 0 Å². The summed E-state index contributed by atoms with van der Waals surface area (Å²) in [5, 5.41) is 6.60. The number of hydrogen-bond acceptors (Lipinski definition) is 5. The van der Waals surface area contributed by atoms with Gasteiger partial charge in [-0.15, -0.1) is 0 Å². The minimum atomic E-state index is -3.64. The number of H-pyrrole nitrogens is 1. The summed E-state index contributed by atoms with van der Waals surface area (Å²) in [4.78, 5) is 0.190. The summed E-state index contributed by atoms with van der Waals surface area (Å²) in [5.41, 5.74) is 2.68. The Morgan fingerprint density at radius 1 is 1.13 bits per heavy atom. The SMILES string of the molecule is COc1cc(C)c(CNS(=O)(=O)c2c(C)n[nH]c2C)cc1OC. The van der Waals surface area contributed by atoms with Crippen LogP contribution in [0.15, 0.2) is 17.0 Å². The molecule has 1 aromatic carbocycles. The fraction of sp³-hybridized carbons (Fsp3) is 0.400. The average Bonchev–Trinajstić information content (AvgIpc) is 2.85. The molecule has 0 fully saturated rings. The van der Waals surface area contributed by atoms with Crippen LogP contribution in [-0.2, 0) is 16.6 Å². The molecule has 0 bridgehead atoms. The fourth-order valence-electron chi connectivity index (χ4n) is 2.39. The Balaban J connectivity index is 2.27. The van der Waals surface area contributed by atoms with Crippen molar-refractivity contribution >= 4 is 10.0 Å². The van der Waals surface area contributed by atoms with Crippen molar-refractivity contribution in [2.45, 2.75) is 32.2 Å². The van der Waals surface area contributed by atoms with E-state index in [0.717, 1.165) is 11.1 Å². The van der Waals surface area contributed by atoms with Gasteiger partial charge in [-0.25, -0.2) is 13.1 Å². The molecule has 0 unspecified atom stereocenters. The smallest absolute Gasteiger partial charge is 0.244 e. The second-order valence-electron chi connectivity index (χ2n) is 5.22. The largest absolute Gasteiger partial charge is 0.493 e. The molecule has 0 saturated carbocycles. The number of aryl methyl sites for hydroxylation is 3. The lowest BCUT2D eigenvalue weighted by atomic mass is 10.1. The van der Waals surface area contributed by atoms with Crippen molar-refractivity contribution in [3.05, 3.63) is 34.6 Å². The molecule has 0 spiro atoms. The Kier molecular flexibility index (Phi) is 4.96. The normalized spacial score (nSPS) is 11.5. The molecule has 0 aliphatic rings. The summed E-state index contributed by atoms with van der Waals surface area (Å²) in [6, 6.07) is 3.59. The van der Waals surface area contributed by atoms with Gasteiger partial charge in [-0.05, 0) is 44.0 Å². The van der Waals surface area contributed by atoms with E-state index in [1.165, 1.54) is 0 Å². The number of ether oxygens (including phenoxy) is 2. The van der Waals surface area contributed by atoms with Crippen molar-refractivity contribution in [1.29, 1.82) is 0 Å². The van der Waals surface area contributed by atoms with E-state index in [2.05, 4.69) is 14.9 Å². The number of hydrogen-bond donors (Lipinski definition) is 2. The summed E-state index contributed by atoms with van der Waals surface area (Å²) in [6.45, 7) is 5.37. The summed E-state index contributed by atoms with van der Waals surface area (Å²) in [7, 11) is -0.544. The molecule has 1 heterocycles. The summed E-state index contributed by atoms with van der Waals surface area (Å²) in [6.07, 6.45) is 0. The van der Waals surface area contributed by atoms with Crippen LogP contribution in [0.4, 0.5) is 0 Å². The number of nitrogens with zero attached hydrogens (tertiary/aromatic N) is 1. The molecule has 0 amide bonds. The van der Waals surface area contributed by atoms with Crippen LogP contribution >= 0.6 is 0 Å². The first-order valence-corrected chi connectivity index (χ1v) is 8.51. The third-order valence-corrected chi connectivity index (χ3v) is 5.29. The number of methoxy groups -OCH3 is 2. The molecule has 8 heteroatoms. The van der Waals surface area contributed by atoms with Crippen molar-refractivity contribution in [3.8, 4) is 11.5 Å². The predicted molar refractivity (Wildman–Crippen MR) is 86.4 cm³/mol. The van der Waals surface area contributed by atoms with Crippen LogP contribution < -0.4 is 14.2 Å². The molecule has 126 valence electrons. The Morgan fingerprint density at radius 2 is 1.74 bits per heavy atom. The highest BCUT2D eigenvalue weighted by Crippen LogP contribution is 2.30. The molecule has 0 atom stereocenters. The van der Waals surface area contributed by atoms with Gasteiger partial charge >= 0.3 is 0 Å². The number of aromatic nitrogens is 2. The van der Waals surface area contributed by atoms with Crippen molar-refractivity contribution in [3.63, 3.8) is 0 Å². The summed E-state index contributed by atoms with van der Waals surface area (Å²) in [5.74, 6) is 1.17. The standard InChI is InChI=1S/C15H21N3O4S/c1-9-6-13(21-4)14(22-5)7-12(9)8-16-23(19,20)15-10(2)17-18-11(15)3/h6-7,16H,8H2,1-5H3,(H,17,18). The Labute approximate surface area is 136 Å². The minimum absolute atomic E-state index is 0.151. The molecule has 2 aromatic rings. The fourth-order valence-corrected chi connectivity index (χ4v) is 3.77. The van der Waals surface area contributed by atoms with Gasteiger partial charge in [0.25, 0.3) is 0 Å². The first-order chi connectivity index (χ1) is 10.8. The number of rotatable bonds is 6. The molecule has 23 heavy (non-hydrogen) atoms. The molecule has 0 aliphatic heterocycles. The van der Waals surface area contributed by atoms with Crippen LogP contribution in [0.2, 0.25) is 0 Å². The van der Waals surface area contributed by atoms with E-state index in [1.54, 1.807) is 34.1 Å². The van der Waals surface area contributed by atoms with Crippen molar-refractivity contribution in [2.24, 2.45) is 0 Å². The number of aromatic amines is 1. The molecule has 1 aromatic heterocycles. The minimum Gasteiger partial charge on any atom is -0.493 e. The van der Waals surface area contributed by atoms with Crippen molar-refractivity contribution in [2.75, 3.05) is 14.2 Å². The lowest BCUT2D eigenvalue weighted by molar-refractivity contribution is 0.354. The quantitative estimate of drug-likeness (QED) is 0.837. The van der Waals surface area contributed by atoms with Crippen LogP contribution in [-0.4, -0.2) is 32.8 Å². The van der Waals surface area contributed by atoms with E-state index in [1.807, 2.05) is 13.0 Å². The van der Waals surface area contributed by atoms with Gasteiger partial charge in [0.2, 0.25) is 10.0 Å². The van der Waals surface area contributed by atoms with Gasteiger partial charge in [0.1, 0.15) is 4.90 Å². The lowest BCUT2D eigenvalue weighted by Gasteiger charge is -2.13. The first-order valence-electron chi connectivity index (χ1n) is 7.03. The zero-order valence-corrected chi connectivity index (χ0v) is 14.7. The maximum Gasteiger partial charge on any atom is 0.244 e. The zero-order chi connectivity index (χ0) is 17.2. The second-order valence-corrected chi connectivity index (χ2v) is 6.93. The maximum atomic E-state index is 12.5. The maximum absolute atomic E-state index is 12.5. The Morgan fingerprint density at radius 3 is 2.26 bits per heavy atom. The molecule has 2 rings (SSSR count). The van der Waals surface area contributed by atoms with Crippen LogP contribution in [0.1, 0.15) is 22.5 Å². The van der Waals surface area contributed by atoms with E-state index >= 15 is 0 Å². The number of sulfonamides is 1. The van der Waals surface area contributed by atoms with Crippen LogP contribution in [0, 0.1) is 20.8 Å². The third kappa shape index (κ3) is 3.48. The van der Waals surface area contributed by atoms with Crippen molar-refractivity contribution < 1.29 is 17.9 Å². The molecular formula is C15H21N3O4S. The second kappa shape index (κ2) is 6.59. The molecular weight excluding hydrogens is 318 g/mol. The molecule has 0 radical (unpaired) electrons. The van der Waals surface area contributed by atoms with Crippen molar-refractivity contribution in [1.82, 2.24) is 14.9 Å². The molecule has 2 N–H and O–H groups in total. The van der Waals surface area contributed by atoms with Gasteiger partial charge in [0, 0.05) is 6.54 Å². The average molecular weight is 339 g/mol. The zero-order valence-electron chi connectivity index (χ0n) is 13.9. The van der Waals surface area contributed by atoms with E-state index in [9.17, 15) is 8.42 Å². The van der Waals surface area contributed by atoms with Gasteiger partial charge in [0.05, 0.1) is 25.6 Å². The molecule has 0 saturated heterocycles. The Bertz CT molecular complexity index is 793. The van der Waals surface area contributed by atoms with Crippen LogP contribution in [0.5, 0.6) is 11.5 Å². The monoisotopic (exact) mass is 339 g/mol. The molecule has 0 aliphatic carbocycles. The van der Waals surface area contributed by atoms with Gasteiger partial charge in [0.15, 0.2) is 11.5 Å². The van der Waals surface area contributed by atoms with Gasteiger partial charge in [-0.3, -0.25) is 5.10 Å². The van der Waals surface area contributed by atoms with Crippen LogP contribution in [0.3, 0.4) is 0 Å².